The lowest BCUT2D eigenvalue weighted by Crippen LogP contribution is -2.42. The predicted octanol–water partition coefficient (Wildman–Crippen LogP) is -0.0751. The molecule has 1 amide bonds. The van der Waals surface area contributed by atoms with Crippen LogP contribution in [0.5, 0.6) is 0 Å². The van der Waals surface area contributed by atoms with Crippen molar-refractivity contribution >= 4 is 22.9 Å². The molecule has 26 heavy (non-hydrogen) atoms. The second kappa shape index (κ2) is 6.62. The molecule has 0 saturated carbocycles. The van der Waals surface area contributed by atoms with Gasteiger partial charge < -0.3 is 9.88 Å². The van der Waals surface area contributed by atoms with Gasteiger partial charge in [0.1, 0.15) is 12.4 Å². The van der Waals surface area contributed by atoms with Gasteiger partial charge in [-0.3, -0.25) is 14.2 Å². The third-order valence-corrected chi connectivity index (χ3v) is 4.02. The molecule has 138 valence electrons. The van der Waals surface area contributed by atoms with E-state index in [2.05, 4.69) is 15.4 Å². The zero-order valence-corrected chi connectivity index (χ0v) is 15.1. The molecular formula is C16H21N7O3. The summed E-state index contributed by atoms with van der Waals surface area (Å²) in [5.74, 6) is 0.402. The van der Waals surface area contributed by atoms with E-state index in [4.69, 9.17) is 0 Å². The van der Waals surface area contributed by atoms with E-state index in [1.54, 1.807) is 24.0 Å². The van der Waals surface area contributed by atoms with Crippen LogP contribution < -0.4 is 16.6 Å². The number of rotatable bonds is 5. The maximum absolute atomic E-state index is 12.6. The third kappa shape index (κ3) is 3.05. The first-order valence-electron chi connectivity index (χ1n) is 8.22. The first kappa shape index (κ1) is 17.6. The molecule has 0 fully saturated rings. The highest BCUT2D eigenvalue weighted by Gasteiger charge is 2.17. The van der Waals surface area contributed by atoms with E-state index < -0.39 is 17.2 Å². The summed E-state index contributed by atoms with van der Waals surface area (Å²) in [7, 11) is 3.18. The van der Waals surface area contributed by atoms with Gasteiger partial charge in [0.15, 0.2) is 11.2 Å². The van der Waals surface area contributed by atoms with E-state index in [1.165, 1.54) is 22.5 Å². The van der Waals surface area contributed by atoms with Crippen LogP contribution in [0.4, 0.5) is 5.82 Å². The monoisotopic (exact) mass is 359 g/mol. The second-order valence-corrected chi connectivity index (χ2v) is 6.60. The summed E-state index contributed by atoms with van der Waals surface area (Å²) in [6, 6.07) is 1.67. The first-order chi connectivity index (χ1) is 12.3. The number of hydrogen-bond donors (Lipinski definition) is 1. The zero-order chi connectivity index (χ0) is 19.0. The molecule has 0 unspecified atom stereocenters. The van der Waals surface area contributed by atoms with Gasteiger partial charge in [0.25, 0.3) is 5.56 Å². The molecule has 10 heteroatoms. The van der Waals surface area contributed by atoms with E-state index >= 15 is 0 Å². The average molecular weight is 359 g/mol. The number of hydrogen-bond acceptors (Lipinski definition) is 5. The number of imidazole rings is 1. The van der Waals surface area contributed by atoms with Gasteiger partial charge in [0.2, 0.25) is 5.91 Å². The molecule has 10 nitrogen and oxygen atoms in total. The molecule has 3 heterocycles. The zero-order valence-electron chi connectivity index (χ0n) is 15.1. The van der Waals surface area contributed by atoms with Crippen LogP contribution >= 0.6 is 0 Å². The number of nitrogens with zero attached hydrogens (tertiary/aromatic N) is 6. The fourth-order valence-corrected chi connectivity index (χ4v) is 2.79. The van der Waals surface area contributed by atoms with E-state index in [1.807, 2.05) is 13.8 Å². The number of amides is 1. The molecule has 0 aliphatic carbocycles. The van der Waals surface area contributed by atoms with Crippen molar-refractivity contribution in [2.45, 2.75) is 26.9 Å². The molecule has 1 N–H and O–H groups in total. The summed E-state index contributed by atoms with van der Waals surface area (Å²) >= 11 is 0. The van der Waals surface area contributed by atoms with Gasteiger partial charge in [-0.2, -0.15) is 5.10 Å². The van der Waals surface area contributed by atoms with Crippen LogP contribution in [0.2, 0.25) is 0 Å². The molecule has 0 aliphatic rings. The molecule has 3 aromatic heterocycles. The minimum absolute atomic E-state index is 0.268. The van der Waals surface area contributed by atoms with Crippen LogP contribution in [0.1, 0.15) is 13.8 Å². The van der Waals surface area contributed by atoms with Crippen LogP contribution in [0.15, 0.2) is 28.2 Å². The molecule has 3 aromatic rings. The fraction of sp³-hybridized carbons (Fsp3) is 0.438. The summed E-state index contributed by atoms with van der Waals surface area (Å²) in [5.41, 5.74) is -0.583. The van der Waals surface area contributed by atoms with Crippen molar-refractivity contribution in [3.8, 4) is 0 Å². The van der Waals surface area contributed by atoms with Crippen molar-refractivity contribution in [2.24, 2.45) is 20.0 Å². The fourth-order valence-electron chi connectivity index (χ4n) is 2.79. The van der Waals surface area contributed by atoms with Gasteiger partial charge in [-0.05, 0) is 5.92 Å². The molecule has 0 spiro atoms. The predicted molar refractivity (Wildman–Crippen MR) is 95.9 cm³/mol. The quantitative estimate of drug-likeness (QED) is 0.686. The number of nitrogens with one attached hydrogen (secondary N) is 1. The van der Waals surface area contributed by atoms with E-state index in [-0.39, 0.29) is 17.7 Å². The first-order valence-corrected chi connectivity index (χ1v) is 8.22. The Labute approximate surface area is 148 Å². The Bertz CT molecular complexity index is 1080. The summed E-state index contributed by atoms with van der Waals surface area (Å²) < 4.78 is 5.37. The highest BCUT2D eigenvalue weighted by atomic mass is 16.2. The van der Waals surface area contributed by atoms with Crippen LogP contribution in [-0.4, -0.2) is 34.4 Å². The van der Waals surface area contributed by atoms with Crippen LogP contribution in [0.3, 0.4) is 0 Å². The van der Waals surface area contributed by atoms with Crippen molar-refractivity contribution in [1.29, 1.82) is 0 Å². The molecule has 0 atom stereocenters. The molecular weight excluding hydrogens is 338 g/mol. The van der Waals surface area contributed by atoms with Crippen LogP contribution in [0, 0.1) is 5.92 Å². The molecule has 0 aliphatic heterocycles. The Balaban J connectivity index is 1.91. The van der Waals surface area contributed by atoms with Gasteiger partial charge >= 0.3 is 5.69 Å². The Morgan fingerprint density at radius 1 is 1.27 bits per heavy atom. The third-order valence-electron chi connectivity index (χ3n) is 4.02. The van der Waals surface area contributed by atoms with Crippen LogP contribution in [0.25, 0.3) is 11.2 Å². The van der Waals surface area contributed by atoms with Gasteiger partial charge in [0, 0.05) is 26.7 Å². The Hall–Kier alpha value is -3.17. The van der Waals surface area contributed by atoms with E-state index in [9.17, 15) is 14.4 Å². The lowest BCUT2D eigenvalue weighted by molar-refractivity contribution is -0.116. The minimum atomic E-state index is -0.591. The topological polar surface area (TPSA) is 109 Å². The van der Waals surface area contributed by atoms with Gasteiger partial charge in [-0.1, -0.05) is 13.8 Å². The summed E-state index contributed by atoms with van der Waals surface area (Å²) in [6.45, 7) is 4.34. The largest absolute Gasteiger partial charge is 0.332 e. The smallest absolute Gasteiger partial charge is 0.328 e. The normalized spacial score (nSPS) is 11.4. The maximum atomic E-state index is 12.6. The number of aryl methyl sites for hydroxylation is 2. The average Bonchev–Trinajstić information content (AvgIpc) is 3.16. The minimum Gasteiger partial charge on any atom is -0.328 e. The van der Waals surface area contributed by atoms with Crippen molar-refractivity contribution in [3.63, 3.8) is 0 Å². The Morgan fingerprint density at radius 2 is 2.00 bits per heavy atom. The standard InChI is InChI=1S/C16H21N7O3/c1-10(2)7-23-11(5-6-18-23)19-12(24)8-22-15(25)13-14(17-9-20(13)3)21(4)16(22)26/h5-6,9-10H,7-8H2,1-4H3,(H,19,24). The second-order valence-electron chi connectivity index (χ2n) is 6.60. The van der Waals surface area contributed by atoms with E-state index in [0.29, 0.717) is 18.3 Å². The number of anilines is 1. The Kier molecular flexibility index (Phi) is 4.49. The van der Waals surface area contributed by atoms with Gasteiger partial charge in [-0.25, -0.2) is 19.0 Å². The highest BCUT2D eigenvalue weighted by molar-refractivity contribution is 5.89. The van der Waals surface area contributed by atoms with Gasteiger partial charge in [-0.15, -0.1) is 0 Å². The molecule has 0 saturated heterocycles. The Morgan fingerprint density at radius 3 is 2.69 bits per heavy atom. The van der Waals surface area contributed by atoms with Crippen molar-refractivity contribution in [1.82, 2.24) is 28.5 Å². The SMILES string of the molecule is CC(C)Cn1nccc1NC(=O)Cn1c(=O)c2c(ncn2C)n(C)c1=O. The number of fused-ring (bicyclic) bond motifs is 1. The molecule has 0 bridgehead atoms. The molecule has 0 radical (unpaired) electrons. The lowest BCUT2D eigenvalue weighted by Gasteiger charge is -2.12. The van der Waals surface area contributed by atoms with Crippen molar-refractivity contribution in [3.05, 3.63) is 39.4 Å². The summed E-state index contributed by atoms with van der Waals surface area (Å²) in [6.07, 6.45) is 3.05. The maximum Gasteiger partial charge on any atom is 0.332 e. The summed E-state index contributed by atoms with van der Waals surface area (Å²) in [4.78, 5) is 41.5. The molecule has 3 rings (SSSR count). The van der Waals surface area contributed by atoms with Crippen molar-refractivity contribution in [2.75, 3.05) is 5.32 Å². The molecule has 0 aromatic carbocycles. The number of carbonyl (C=O) groups is 1. The van der Waals surface area contributed by atoms with Crippen molar-refractivity contribution < 1.29 is 4.79 Å². The summed E-state index contributed by atoms with van der Waals surface area (Å²) in [5, 5.41) is 6.87. The lowest BCUT2D eigenvalue weighted by atomic mass is 10.2. The highest BCUT2D eigenvalue weighted by Crippen LogP contribution is 2.09. The van der Waals surface area contributed by atoms with E-state index in [0.717, 1.165) is 4.57 Å². The number of aromatic nitrogens is 6. The number of carbonyl (C=O) groups excluding carboxylic acids is 1. The van der Waals surface area contributed by atoms with Crippen LogP contribution in [-0.2, 0) is 32.0 Å². The van der Waals surface area contributed by atoms with Gasteiger partial charge in [0.05, 0.1) is 12.5 Å².